The average Bonchev–Trinajstić information content (AvgIpc) is 3.10. The van der Waals surface area contributed by atoms with Crippen LogP contribution in [0.5, 0.6) is 0 Å². The first-order valence-corrected chi connectivity index (χ1v) is 9.66. The lowest BCUT2D eigenvalue weighted by Crippen LogP contribution is -2.24. The normalized spacial score (nSPS) is 22.4. The Morgan fingerprint density at radius 1 is 1.13 bits per heavy atom. The summed E-state index contributed by atoms with van der Waals surface area (Å²) in [4.78, 5) is 31.7. The molecule has 1 aliphatic carbocycles. The number of fused-ring (bicyclic) bond motifs is 2. The molecule has 10 heteroatoms. The van der Waals surface area contributed by atoms with Crippen LogP contribution >= 0.6 is 0 Å². The first-order chi connectivity index (χ1) is 14.7. The van der Waals surface area contributed by atoms with Crippen LogP contribution in [0.3, 0.4) is 0 Å². The summed E-state index contributed by atoms with van der Waals surface area (Å²) in [5.41, 5.74) is 0.211. The van der Waals surface area contributed by atoms with Crippen LogP contribution in [0.4, 0.5) is 10.2 Å². The Labute approximate surface area is 169 Å². The van der Waals surface area contributed by atoms with Gasteiger partial charge in [-0.2, -0.15) is 4.98 Å². The van der Waals surface area contributed by atoms with Gasteiger partial charge in [-0.25, -0.2) is 19.3 Å². The molecular weight excluding hydrogens is 389 g/mol. The van der Waals surface area contributed by atoms with E-state index in [4.69, 9.17) is 4.52 Å². The largest absolute Gasteiger partial charge is 0.356 e. The van der Waals surface area contributed by atoms with Crippen LogP contribution in [0.1, 0.15) is 17.6 Å². The van der Waals surface area contributed by atoms with E-state index < -0.39 is 0 Å². The number of anilines is 1. The van der Waals surface area contributed by atoms with Gasteiger partial charge in [-0.3, -0.25) is 9.36 Å². The summed E-state index contributed by atoms with van der Waals surface area (Å²) in [6, 6.07) is 6.20. The zero-order valence-electron chi connectivity index (χ0n) is 15.7. The summed E-state index contributed by atoms with van der Waals surface area (Å²) in [5.74, 6) is 2.43. The van der Waals surface area contributed by atoms with Crippen LogP contribution in [0.15, 0.2) is 52.3 Å². The van der Waals surface area contributed by atoms with Crippen molar-refractivity contribution in [1.82, 2.24) is 29.7 Å². The SMILES string of the molecule is O=c1c2cccnc2ncn1Cc1nc(C2C3CN(c4cc(F)ccn4)CC32)no1. The van der Waals surface area contributed by atoms with Crippen molar-refractivity contribution in [2.24, 2.45) is 11.8 Å². The highest BCUT2D eigenvalue weighted by molar-refractivity contribution is 5.72. The molecule has 1 saturated carbocycles. The fraction of sp³-hybridized carbons (Fsp3) is 0.300. The van der Waals surface area contributed by atoms with Gasteiger partial charge in [-0.15, -0.1) is 0 Å². The van der Waals surface area contributed by atoms with Crippen molar-refractivity contribution < 1.29 is 8.91 Å². The van der Waals surface area contributed by atoms with Gasteiger partial charge in [0.2, 0.25) is 5.89 Å². The van der Waals surface area contributed by atoms with Crippen molar-refractivity contribution in [2.75, 3.05) is 18.0 Å². The maximum Gasteiger partial charge on any atom is 0.263 e. The summed E-state index contributed by atoms with van der Waals surface area (Å²) in [6.07, 6.45) is 4.52. The molecule has 0 aromatic carbocycles. The number of hydrogen-bond donors (Lipinski definition) is 0. The molecule has 0 radical (unpaired) electrons. The topological polar surface area (TPSA) is 103 Å². The quantitative estimate of drug-likeness (QED) is 0.505. The van der Waals surface area contributed by atoms with Gasteiger partial charge < -0.3 is 9.42 Å². The van der Waals surface area contributed by atoms with Crippen molar-refractivity contribution in [1.29, 1.82) is 0 Å². The molecule has 6 rings (SSSR count). The fourth-order valence-electron chi connectivity index (χ4n) is 4.39. The predicted octanol–water partition coefficient (Wildman–Crippen LogP) is 1.61. The van der Waals surface area contributed by atoms with Crippen LogP contribution in [0, 0.1) is 17.7 Å². The molecule has 0 spiro atoms. The lowest BCUT2D eigenvalue weighted by molar-refractivity contribution is 0.363. The standard InChI is InChI=1S/C20H16FN7O2/c21-11-3-5-22-15(6-11)27-7-13-14(8-27)17(13)19-25-16(30-26-19)9-28-10-24-18-12(20(28)29)2-1-4-23-18/h1-6,10,13-14,17H,7-9H2. The van der Waals surface area contributed by atoms with Gasteiger partial charge in [0.05, 0.1) is 5.39 Å². The van der Waals surface area contributed by atoms with Gasteiger partial charge in [0, 0.05) is 37.5 Å². The first-order valence-electron chi connectivity index (χ1n) is 9.66. The van der Waals surface area contributed by atoms with Crippen LogP contribution in [0.2, 0.25) is 0 Å². The minimum Gasteiger partial charge on any atom is -0.356 e. The van der Waals surface area contributed by atoms with E-state index in [1.807, 2.05) is 0 Å². The molecule has 9 nitrogen and oxygen atoms in total. The zero-order valence-corrected chi connectivity index (χ0v) is 15.7. The summed E-state index contributed by atoms with van der Waals surface area (Å²) in [5, 5.41) is 4.58. The summed E-state index contributed by atoms with van der Waals surface area (Å²) in [6.45, 7) is 1.73. The van der Waals surface area contributed by atoms with Crippen molar-refractivity contribution in [2.45, 2.75) is 12.5 Å². The number of halogens is 1. The van der Waals surface area contributed by atoms with Crippen LogP contribution < -0.4 is 10.5 Å². The lowest BCUT2D eigenvalue weighted by atomic mass is 10.2. The molecule has 0 amide bonds. The smallest absolute Gasteiger partial charge is 0.263 e. The fourth-order valence-corrected chi connectivity index (χ4v) is 4.39. The van der Waals surface area contributed by atoms with E-state index in [0.717, 1.165) is 13.1 Å². The second kappa shape index (κ2) is 6.41. The zero-order chi connectivity index (χ0) is 20.2. The molecule has 4 aromatic rings. The number of pyridine rings is 2. The molecule has 30 heavy (non-hydrogen) atoms. The van der Waals surface area contributed by atoms with Gasteiger partial charge in [-0.1, -0.05) is 5.16 Å². The second-order valence-electron chi connectivity index (χ2n) is 7.69. The van der Waals surface area contributed by atoms with Crippen molar-refractivity contribution in [3.05, 3.63) is 70.9 Å². The Morgan fingerprint density at radius 2 is 2.00 bits per heavy atom. The van der Waals surface area contributed by atoms with E-state index in [1.54, 1.807) is 18.3 Å². The van der Waals surface area contributed by atoms with Gasteiger partial charge in [0.25, 0.3) is 5.56 Å². The molecule has 150 valence electrons. The second-order valence-corrected chi connectivity index (χ2v) is 7.69. The average molecular weight is 405 g/mol. The third-order valence-corrected chi connectivity index (χ3v) is 5.91. The van der Waals surface area contributed by atoms with Gasteiger partial charge in [0.1, 0.15) is 24.5 Å². The van der Waals surface area contributed by atoms with E-state index in [-0.39, 0.29) is 23.8 Å². The number of rotatable bonds is 4. The Kier molecular flexibility index (Phi) is 3.67. The highest BCUT2D eigenvalue weighted by Crippen LogP contribution is 2.57. The number of nitrogens with zero attached hydrogens (tertiary/aromatic N) is 7. The highest BCUT2D eigenvalue weighted by Gasteiger charge is 2.58. The van der Waals surface area contributed by atoms with Crippen molar-refractivity contribution in [3.63, 3.8) is 0 Å². The molecule has 4 aromatic heterocycles. The van der Waals surface area contributed by atoms with Gasteiger partial charge >= 0.3 is 0 Å². The van der Waals surface area contributed by atoms with E-state index in [1.165, 1.54) is 29.2 Å². The van der Waals surface area contributed by atoms with Crippen LogP contribution in [0.25, 0.3) is 11.0 Å². The van der Waals surface area contributed by atoms with E-state index in [9.17, 15) is 9.18 Å². The molecule has 2 unspecified atom stereocenters. The van der Waals surface area contributed by atoms with Crippen molar-refractivity contribution >= 4 is 16.9 Å². The minimum absolute atomic E-state index is 0.158. The lowest BCUT2D eigenvalue weighted by Gasteiger charge is -2.20. The van der Waals surface area contributed by atoms with Gasteiger partial charge in [-0.05, 0) is 30.0 Å². The van der Waals surface area contributed by atoms with Crippen LogP contribution in [-0.2, 0) is 6.54 Å². The Morgan fingerprint density at radius 3 is 2.83 bits per heavy atom. The molecule has 2 fully saturated rings. The van der Waals surface area contributed by atoms with E-state index in [0.29, 0.717) is 40.4 Å². The Bertz CT molecular complexity index is 1310. The molecule has 1 aliphatic heterocycles. The Balaban J connectivity index is 1.16. The predicted molar refractivity (Wildman–Crippen MR) is 103 cm³/mol. The molecule has 2 aliphatic rings. The first kappa shape index (κ1) is 17.2. The third kappa shape index (κ3) is 2.75. The summed E-state index contributed by atoms with van der Waals surface area (Å²) < 4.78 is 20.3. The summed E-state index contributed by atoms with van der Waals surface area (Å²) >= 11 is 0. The molecular formula is C20H16FN7O2. The summed E-state index contributed by atoms with van der Waals surface area (Å²) in [7, 11) is 0. The monoisotopic (exact) mass is 405 g/mol. The Hall–Kier alpha value is -3.69. The van der Waals surface area contributed by atoms with Gasteiger partial charge in [0.15, 0.2) is 11.5 Å². The third-order valence-electron chi connectivity index (χ3n) is 5.91. The molecule has 5 heterocycles. The maximum atomic E-state index is 13.4. The van der Waals surface area contributed by atoms with E-state index in [2.05, 4.69) is 30.0 Å². The number of aromatic nitrogens is 6. The molecule has 1 saturated heterocycles. The van der Waals surface area contributed by atoms with Crippen LogP contribution in [-0.4, -0.2) is 42.7 Å². The number of piperidine rings is 1. The highest BCUT2D eigenvalue weighted by atomic mass is 19.1. The maximum absolute atomic E-state index is 13.4. The van der Waals surface area contributed by atoms with E-state index >= 15 is 0 Å². The molecule has 0 N–H and O–H groups in total. The number of hydrogen-bond acceptors (Lipinski definition) is 8. The van der Waals surface area contributed by atoms with Crippen molar-refractivity contribution in [3.8, 4) is 0 Å². The molecule has 2 atom stereocenters. The molecule has 0 bridgehead atoms. The minimum atomic E-state index is -0.283.